The molecule has 5 atom stereocenters. The average molecular weight is 472 g/mol. The van der Waals surface area contributed by atoms with Crippen molar-refractivity contribution in [3.63, 3.8) is 0 Å². The summed E-state index contributed by atoms with van der Waals surface area (Å²) in [4.78, 5) is 13.3. The van der Waals surface area contributed by atoms with Crippen LogP contribution in [0.5, 0.6) is 17.2 Å². The zero-order chi connectivity index (χ0) is 24.0. The Hall–Kier alpha value is -3.15. The number of hydrogen-bond acceptors (Lipinski definition) is 10. The number of hydrogen-bond donors (Lipinski definition) is 4. The third-order valence-electron chi connectivity index (χ3n) is 6.11. The molecule has 3 heterocycles. The van der Waals surface area contributed by atoms with Crippen LogP contribution in [0.3, 0.4) is 0 Å². The van der Waals surface area contributed by atoms with Crippen molar-refractivity contribution in [1.82, 2.24) is 0 Å². The molecule has 0 spiro atoms. The summed E-state index contributed by atoms with van der Waals surface area (Å²) in [5.74, 6) is 1.44. The van der Waals surface area contributed by atoms with Gasteiger partial charge in [-0.05, 0) is 35.7 Å². The van der Waals surface area contributed by atoms with Crippen LogP contribution >= 0.6 is 0 Å². The lowest BCUT2D eigenvalue weighted by molar-refractivity contribution is -0.277. The van der Waals surface area contributed by atoms with E-state index in [2.05, 4.69) is 0 Å². The van der Waals surface area contributed by atoms with Crippen LogP contribution in [0.4, 0.5) is 0 Å². The second-order valence-corrected chi connectivity index (χ2v) is 8.17. The number of ether oxygens (including phenoxy) is 4. The molecule has 3 aromatic rings. The van der Waals surface area contributed by atoms with Crippen molar-refractivity contribution in [3.8, 4) is 28.4 Å². The normalized spacial score (nSPS) is 26.1. The first-order valence-electron chi connectivity index (χ1n) is 10.9. The highest BCUT2D eigenvalue weighted by atomic mass is 16.7. The minimum absolute atomic E-state index is 0.127. The Morgan fingerprint density at radius 3 is 2.59 bits per heavy atom. The van der Waals surface area contributed by atoms with Gasteiger partial charge in [0.1, 0.15) is 42.0 Å². The van der Waals surface area contributed by atoms with E-state index in [1.807, 2.05) is 6.92 Å². The van der Waals surface area contributed by atoms with Crippen molar-refractivity contribution in [2.45, 2.75) is 44.1 Å². The van der Waals surface area contributed by atoms with Gasteiger partial charge in [-0.15, -0.1) is 0 Å². The number of aliphatic hydroxyl groups is 4. The van der Waals surface area contributed by atoms with Gasteiger partial charge in [0.15, 0.2) is 11.5 Å². The van der Waals surface area contributed by atoms with E-state index in [1.54, 1.807) is 24.3 Å². The van der Waals surface area contributed by atoms with Crippen LogP contribution in [0.1, 0.15) is 12.5 Å². The number of benzene rings is 2. The first-order valence-corrected chi connectivity index (χ1v) is 10.9. The molecule has 0 saturated carbocycles. The molecule has 34 heavy (non-hydrogen) atoms. The summed E-state index contributed by atoms with van der Waals surface area (Å²) in [7, 11) is 0. The van der Waals surface area contributed by atoms with Crippen LogP contribution in [0.2, 0.25) is 0 Å². The van der Waals surface area contributed by atoms with Gasteiger partial charge in [-0.25, -0.2) is 0 Å². The maximum absolute atomic E-state index is 13.3. The summed E-state index contributed by atoms with van der Waals surface area (Å²) in [5.41, 5.74) is 1.63. The maximum Gasteiger partial charge on any atom is 0.231 e. The van der Waals surface area contributed by atoms with Crippen molar-refractivity contribution in [3.05, 3.63) is 52.4 Å². The highest BCUT2D eigenvalue weighted by Crippen LogP contribution is 2.36. The summed E-state index contributed by atoms with van der Waals surface area (Å²) >= 11 is 0. The third kappa shape index (κ3) is 3.79. The van der Waals surface area contributed by atoms with E-state index in [9.17, 15) is 25.2 Å². The molecule has 10 heteroatoms. The van der Waals surface area contributed by atoms with Crippen LogP contribution < -0.4 is 19.6 Å². The van der Waals surface area contributed by atoms with Gasteiger partial charge in [0.05, 0.1) is 17.6 Å². The van der Waals surface area contributed by atoms with E-state index in [0.29, 0.717) is 40.0 Å². The van der Waals surface area contributed by atoms with Gasteiger partial charge in [-0.3, -0.25) is 4.79 Å². The van der Waals surface area contributed by atoms with Crippen molar-refractivity contribution in [2.75, 3.05) is 13.4 Å². The second-order valence-electron chi connectivity index (χ2n) is 8.17. The Labute approximate surface area is 193 Å². The van der Waals surface area contributed by atoms with Crippen molar-refractivity contribution in [2.24, 2.45) is 0 Å². The van der Waals surface area contributed by atoms with Gasteiger partial charge in [-0.1, -0.05) is 13.0 Å². The van der Waals surface area contributed by atoms with E-state index in [1.165, 1.54) is 12.3 Å². The van der Waals surface area contributed by atoms with Gasteiger partial charge in [0.2, 0.25) is 18.5 Å². The van der Waals surface area contributed by atoms with Gasteiger partial charge < -0.3 is 43.8 Å². The highest BCUT2D eigenvalue weighted by Gasteiger charge is 2.44. The minimum Gasteiger partial charge on any atom is -0.463 e. The Morgan fingerprint density at radius 1 is 1.03 bits per heavy atom. The van der Waals surface area contributed by atoms with E-state index in [4.69, 9.17) is 23.4 Å². The Morgan fingerprint density at radius 2 is 1.82 bits per heavy atom. The fourth-order valence-electron chi connectivity index (χ4n) is 4.14. The summed E-state index contributed by atoms with van der Waals surface area (Å²) in [6.45, 7) is 1.42. The molecule has 1 saturated heterocycles. The van der Waals surface area contributed by atoms with Crippen molar-refractivity contribution < 1.29 is 43.8 Å². The van der Waals surface area contributed by atoms with Crippen molar-refractivity contribution in [1.29, 1.82) is 0 Å². The fraction of sp³-hybridized carbons (Fsp3) is 0.375. The Balaban J connectivity index is 1.50. The molecule has 2 aromatic carbocycles. The Kier molecular flexibility index (Phi) is 5.92. The van der Waals surface area contributed by atoms with Crippen LogP contribution in [-0.2, 0) is 11.2 Å². The predicted molar refractivity (Wildman–Crippen MR) is 118 cm³/mol. The lowest BCUT2D eigenvalue weighted by Crippen LogP contribution is -2.60. The second kappa shape index (κ2) is 8.90. The predicted octanol–water partition coefficient (Wildman–Crippen LogP) is 0.930. The molecule has 0 bridgehead atoms. The molecule has 180 valence electrons. The molecule has 0 amide bonds. The standard InChI is InChI=1S/C24H24O10/c1-2-11-5-13-17(7-16(11)33-24-23(29)22(28)21(27)19(8-25)34-24)30-9-14(20(13)26)12-3-4-15-18(6-12)32-10-31-15/h3-7,9,19,21-25,27-29H,2,8,10H2,1H3/t19?,21-,22?,23?,24+/m1/s1. The molecule has 0 radical (unpaired) electrons. The molecule has 0 aliphatic carbocycles. The molecular formula is C24H24O10. The monoisotopic (exact) mass is 472 g/mol. The zero-order valence-electron chi connectivity index (χ0n) is 18.2. The smallest absolute Gasteiger partial charge is 0.231 e. The van der Waals surface area contributed by atoms with Crippen LogP contribution in [-0.4, -0.2) is 64.5 Å². The first-order chi connectivity index (χ1) is 16.4. The molecular weight excluding hydrogens is 448 g/mol. The molecule has 4 N–H and O–H groups in total. The zero-order valence-corrected chi connectivity index (χ0v) is 18.2. The molecule has 3 unspecified atom stereocenters. The molecule has 5 rings (SSSR count). The van der Waals surface area contributed by atoms with E-state index in [-0.39, 0.29) is 23.6 Å². The summed E-state index contributed by atoms with van der Waals surface area (Å²) < 4.78 is 27.7. The van der Waals surface area contributed by atoms with Gasteiger partial charge in [0, 0.05) is 6.07 Å². The minimum atomic E-state index is -1.57. The summed E-state index contributed by atoms with van der Waals surface area (Å²) in [5, 5.41) is 40.0. The lowest BCUT2D eigenvalue weighted by atomic mass is 9.99. The first kappa shape index (κ1) is 22.6. The number of fused-ring (bicyclic) bond motifs is 2. The van der Waals surface area contributed by atoms with Crippen LogP contribution in [0, 0.1) is 0 Å². The quantitative estimate of drug-likeness (QED) is 0.423. The summed E-state index contributed by atoms with van der Waals surface area (Å²) in [6, 6.07) is 8.37. The molecule has 1 aromatic heterocycles. The topological polar surface area (TPSA) is 148 Å². The molecule has 10 nitrogen and oxygen atoms in total. The van der Waals surface area contributed by atoms with E-state index >= 15 is 0 Å². The molecule has 1 fully saturated rings. The largest absolute Gasteiger partial charge is 0.463 e. The molecule has 2 aliphatic rings. The van der Waals surface area contributed by atoms with E-state index < -0.39 is 37.3 Å². The maximum atomic E-state index is 13.3. The van der Waals surface area contributed by atoms with Gasteiger partial charge in [0.25, 0.3) is 0 Å². The Bertz CT molecular complexity index is 1270. The lowest BCUT2D eigenvalue weighted by Gasteiger charge is -2.39. The highest BCUT2D eigenvalue weighted by molar-refractivity contribution is 5.84. The van der Waals surface area contributed by atoms with Crippen molar-refractivity contribution >= 4 is 11.0 Å². The van der Waals surface area contributed by atoms with Gasteiger partial charge in [-0.2, -0.15) is 0 Å². The molecule has 2 aliphatic heterocycles. The summed E-state index contributed by atoms with van der Waals surface area (Å²) in [6.07, 6.45) is -5.23. The van der Waals surface area contributed by atoms with E-state index in [0.717, 1.165) is 0 Å². The number of aryl methyl sites for hydroxylation is 1. The average Bonchev–Trinajstić information content (AvgIpc) is 3.32. The van der Waals surface area contributed by atoms with Crippen LogP contribution in [0.25, 0.3) is 22.1 Å². The fourth-order valence-corrected chi connectivity index (χ4v) is 4.14. The third-order valence-corrected chi connectivity index (χ3v) is 6.11. The van der Waals surface area contributed by atoms with Crippen LogP contribution in [0.15, 0.2) is 45.8 Å². The van der Waals surface area contributed by atoms with Gasteiger partial charge >= 0.3 is 0 Å². The number of rotatable bonds is 5. The number of aliphatic hydroxyl groups excluding tert-OH is 4. The SMILES string of the molecule is CCc1cc2c(=O)c(-c3ccc4c(c3)OCO4)coc2cc1O[C@H]1OC(CO)[C@@H](O)C(O)C1O.